The smallest absolute Gasteiger partial charge is 0.364 e. The maximum atomic E-state index is 12.6. The number of ketones is 1. The Morgan fingerprint density at radius 1 is 1.29 bits per heavy atom. The van der Waals surface area contributed by atoms with Crippen molar-refractivity contribution in [3.05, 3.63) is 36.1 Å². The summed E-state index contributed by atoms with van der Waals surface area (Å²) in [5.74, 6) is -1.51. The number of alkyl halides is 3. The van der Waals surface area contributed by atoms with Crippen LogP contribution in [0, 0.1) is 5.92 Å². The molecule has 0 aromatic rings. The number of rotatable bonds is 1. The fourth-order valence-electron chi connectivity index (χ4n) is 1.90. The van der Waals surface area contributed by atoms with Gasteiger partial charge in [-0.3, -0.25) is 4.79 Å². The van der Waals surface area contributed by atoms with Gasteiger partial charge in [-0.2, -0.15) is 13.2 Å². The van der Waals surface area contributed by atoms with Crippen LogP contribution in [0.4, 0.5) is 13.2 Å². The molecule has 0 spiro atoms. The van der Waals surface area contributed by atoms with Crippen LogP contribution < -0.4 is 0 Å². The van der Waals surface area contributed by atoms with Crippen LogP contribution in [0.1, 0.15) is 6.42 Å². The number of nitrogens with zero attached hydrogens (tertiary/aromatic N) is 1. The first-order chi connectivity index (χ1) is 7.97. The van der Waals surface area contributed by atoms with Crippen molar-refractivity contribution in [2.45, 2.75) is 12.6 Å². The van der Waals surface area contributed by atoms with Crippen molar-refractivity contribution >= 4 is 5.78 Å². The van der Waals surface area contributed by atoms with E-state index in [1.54, 1.807) is 17.1 Å². The first kappa shape index (κ1) is 12.0. The van der Waals surface area contributed by atoms with Gasteiger partial charge in [-0.05, 0) is 12.2 Å². The van der Waals surface area contributed by atoms with Gasteiger partial charge in [0.15, 0.2) is 5.78 Å². The maximum absolute atomic E-state index is 12.6. The van der Waals surface area contributed by atoms with E-state index in [4.69, 9.17) is 0 Å². The number of hydrogen-bond acceptors (Lipinski definition) is 2. The SMILES string of the molecule is O=C1CCN(C2=CC(C(F)(F)F)C=CC=C2)C1. The van der Waals surface area contributed by atoms with Crippen molar-refractivity contribution in [1.29, 1.82) is 0 Å². The van der Waals surface area contributed by atoms with Crippen molar-refractivity contribution in [1.82, 2.24) is 4.90 Å². The van der Waals surface area contributed by atoms with Gasteiger partial charge in [-0.25, -0.2) is 0 Å². The van der Waals surface area contributed by atoms with Gasteiger partial charge in [0.1, 0.15) is 0 Å². The predicted molar refractivity (Wildman–Crippen MR) is 57.1 cm³/mol. The van der Waals surface area contributed by atoms with Crippen LogP contribution in [0.2, 0.25) is 0 Å². The Bertz CT molecular complexity index is 406. The van der Waals surface area contributed by atoms with E-state index in [1.165, 1.54) is 12.2 Å². The molecule has 92 valence electrons. The standard InChI is InChI=1S/C12H12F3NO/c13-12(14,15)9-3-1-2-4-10(7-9)16-6-5-11(17)8-16/h1-4,7,9H,5-6,8H2. The second kappa shape index (κ2) is 4.39. The first-order valence-corrected chi connectivity index (χ1v) is 5.37. The van der Waals surface area contributed by atoms with Gasteiger partial charge in [0, 0.05) is 18.7 Å². The van der Waals surface area contributed by atoms with Crippen LogP contribution in [0.5, 0.6) is 0 Å². The number of allylic oxidation sites excluding steroid dienone is 5. The third kappa shape index (κ3) is 2.78. The van der Waals surface area contributed by atoms with E-state index in [2.05, 4.69) is 0 Å². The summed E-state index contributed by atoms with van der Waals surface area (Å²) in [7, 11) is 0. The molecule has 1 atom stereocenters. The van der Waals surface area contributed by atoms with Gasteiger partial charge in [-0.15, -0.1) is 0 Å². The molecule has 0 aromatic carbocycles. The Labute approximate surface area is 97.1 Å². The van der Waals surface area contributed by atoms with Crippen LogP contribution in [-0.2, 0) is 4.79 Å². The lowest BCUT2D eigenvalue weighted by molar-refractivity contribution is -0.149. The molecule has 17 heavy (non-hydrogen) atoms. The minimum Gasteiger partial charge on any atom is -0.364 e. The molecule has 1 fully saturated rings. The molecule has 0 bridgehead atoms. The molecule has 1 heterocycles. The van der Waals surface area contributed by atoms with Crippen LogP contribution in [0.3, 0.4) is 0 Å². The molecule has 5 heteroatoms. The monoisotopic (exact) mass is 243 g/mol. The molecule has 0 amide bonds. The topological polar surface area (TPSA) is 20.3 Å². The van der Waals surface area contributed by atoms with E-state index in [0.717, 1.165) is 6.08 Å². The summed E-state index contributed by atoms with van der Waals surface area (Å²) in [5.41, 5.74) is 0.475. The second-order valence-electron chi connectivity index (χ2n) is 4.11. The average molecular weight is 243 g/mol. The van der Waals surface area contributed by atoms with Crippen LogP contribution >= 0.6 is 0 Å². The van der Waals surface area contributed by atoms with Crippen LogP contribution in [0.15, 0.2) is 36.1 Å². The number of Topliss-reactive ketones (excluding diaryl/α,β-unsaturated/α-hetero) is 1. The number of likely N-dealkylation sites (tertiary alicyclic amines) is 1. The Morgan fingerprint density at radius 2 is 2.06 bits per heavy atom. The zero-order valence-corrected chi connectivity index (χ0v) is 9.07. The average Bonchev–Trinajstić information content (AvgIpc) is 2.53. The molecule has 1 aliphatic carbocycles. The lowest BCUT2D eigenvalue weighted by atomic mass is 10.1. The highest BCUT2D eigenvalue weighted by Crippen LogP contribution is 2.31. The minimum atomic E-state index is -4.28. The van der Waals surface area contributed by atoms with Gasteiger partial charge in [-0.1, -0.05) is 18.2 Å². The molecule has 2 rings (SSSR count). The van der Waals surface area contributed by atoms with Gasteiger partial charge >= 0.3 is 6.18 Å². The molecule has 0 saturated carbocycles. The largest absolute Gasteiger partial charge is 0.398 e. The first-order valence-electron chi connectivity index (χ1n) is 5.37. The normalized spacial score (nSPS) is 25.1. The highest BCUT2D eigenvalue weighted by molar-refractivity contribution is 5.83. The van der Waals surface area contributed by atoms with Crippen molar-refractivity contribution in [2.24, 2.45) is 5.92 Å². The second-order valence-corrected chi connectivity index (χ2v) is 4.11. The zero-order valence-electron chi connectivity index (χ0n) is 9.07. The van der Waals surface area contributed by atoms with E-state index in [-0.39, 0.29) is 12.3 Å². The quantitative estimate of drug-likeness (QED) is 0.705. The lowest BCUT2D eigenvalue weighted by Crippen LogP contribution is -2.23. The highest BCUT2D eigenvalue weighted by Gasteiger charge is 2.37. The maximum Gasteiger partial charge on any atom is 0.398 e. The summed E-state index contributed by atoms with van der Waals surface area (Å²) in [6.07, 6.45) is 2.98. The highest BCUT2D eigenvalue weighted by atomic mass is 19.4. The lowest BCUT2D eigenvalue weighted by Gasteiger charge is -2.20. The zero-order chi connectivity index (χ0) is 12.5. The summed E-state index contributed by atoms with van der Waals surface area (Å²) >= 11 is 0. The fourth-order valence-corrected chi connectivity index (χ4v) is 1.90. The molecule has 0 N–H and O–H groups in total. The molecule has 0 radical (unpaired) electrons. The van der Waals surface area contributed by atoms with Crippen LogP contribution in [-0.4, -0.2) is 29.9 Å². The molecular formula is C12H12F3NO. The van der Waals surface area contributed by atoms with Gasteiger partial charge in [0.2, 0.25) is 0 Å². The van der Waals surface area contributed by atoms with E-state index in [1.807, 2.05) is 0 Å². The number of hydrogen-bond donors (Lipinski definition) is 0. The fraction of sp³-hybridized carbons (Fsp3) is 0.417. The van der Waals surface area contributed by atoms with Crippen molar-refractivity contribution in [3.63, 3.8) is 0 Å². The van der Waals surface area contributed by atoms with Crippen molar-refractivity contribution in [3.8, 4) is 0 Å². The summed E-state index contributed by atoms with van der Waals surface area (Å²) in [5, 5.41) is 0. The third-order valence-corrected chi connectivity index (χ3v) is 2.82. The molecule has 1 unspecified atom stereocenters. The summed E-state index contributed by atoms with van der Waals surface area (Å²) in [6, 6.07) is 0. The number of halogens is 3. The Balaban J connectivity index is 2.21. The third-order valence-electron chi connectivity index (χ3n) is 2.82. The number of carbonyl (C=O) groups is 1. The van der Waals surface area contributed by atoms with Gasteiger partial charge < -0.3 is 4.90 Å². The van der Waals surface area contributed by atoms with Gasteiger partial charge in [0.05, 0.1) is 12.5 Å². The Kier molecular flexibility index (Phi) is 3.09. The van der Waals surface area contributed by atoms with E-state index in [0.29, 0.717) is 18.7 Å². The van der Waals surface area contributed by atoms with Gasteiger partial charge in [0.25, 0.3) is 0 Å². The summed E-state index contributed by atoms with van der Waals surface area (Å²) in [6.45, 7) is 0.709. The van der Waals surface area contributed by atoms with Crippen molar-refractivity contribution in [2.75, 3.05) is 13.1 Å². The molecular weight excluding hydrogens is 231 g/mol. The van der Waals surface area contributed by atoms with Crippen LogP contribution in [0.25, 0.3) is 0 Å². The Hall–Kier alpha value is -1.52. The van der Waals surface area contributed by atoms with Crippen molar-refractivity contribution < 1.29 is 18.0 Å². The van der Waals surface area contributed by atoms with E-state index >= 15 is 0 Å². The molecule has 0 aromatic heterocycles. The molecule has 1 saturated heterocycles. The molecule has 2 nitrogen and oxygen atoms in total. The number of carbonyl (C=O) groups excluding carboxylic acids is 1. The summed E-state index contributed by atoms with van der Waals surface area (Å²) in [4.78, 5) is 12.8. The minimum absolute atomic E-state index is 0.0695. The predicted octanol–water partition coefficient (Wildman–Crippen LogP) is 2.45. The van der Waals surface area contributed by atoms with E-state index < -0.39 is 12.1 Å². The Morgan fingerprint density at radius 3 is 2.65 bits per heavy atom. The molecule has 2 aliphatic rings. The van der Waals surface area contributed by atoms with E-state index in [9.17, 15) is 18.0 Å². The molecule has 1 aliphatic heterocycles. The summed E-state index contributed by atoms with van der Waals surface area (Å²) < 4.78 is 37.9.